The Morgan fingerprint density at radius 3 is 3.14 bits per heavy atom. The molecule has 0 aliphatic rings. The molecule has 0 saturated carbocycles. The van der Waals surface area contributed by atoms with E-state index in [4.69, 9.17) is 9.95 Å². The molecule has 1 aromatic heterocycles. The lowest BCUT2D eigenvalue weighted by molar-refractivity contribution is -0.107. The van der Waals surface area contributed by atoms with E-state index in [1.807, 2.05) is 0 Å². The average Bonchev–Trinajstić information content (AvgIpc) is 2.70. The van der Waals surface area contributed by atoms with Crippen molar-refractivity contribution in [2.24, 2.45) is 5.11 Å². The second-order valence-electron chi connectivity index (χ2n) is 2.83. The third-order valence-electron chi connectivity index (χ3n) is 1.86. The molecule has 1 atom stereocenters. The first-order valence-corrected chi connectivity index (χ1v) is 4.39. The van der Waals surface area contributed by atoms with E-state index in [-0.39, 0.29) is 6.04 Å². The summed E-state index contributed by atoms with van der Waals surface area (Å²) in [5.41, 5.74) is 8.34. The maximum atomic E-state index is 10.1. The van der Waals surface area contributed by atoms with Crippen LogP contribution in [-0.4, -0.2) is 6.29 Å². The molecule has 5 heteroatoms. The highest BCUT2D eigenvalue weighted by Crippen LogP contribution is 2.23. The quantitative estimate of drug-likeness (QED) is 0.229. The number of carbonyl (C=O) groups is 1. The van der Waals surface area contributed by atoms with Crippen LogP contribution in [0.15, 0.2) is 27.9 Å². The van der Waals surface area contributed by atoms with Crippen LogP contribution in [-0.2, 0) is 4.79 Å². The van der Waals surface area contributed by atoms with Gasteiger partial charge in [0, 0.05) is 11.3 Å². The van der Waals surface area contributed by atoms with Crippen LogP contribution >= 0.6 is 0 Å². The second kappa shape index (κ2) is 5.83. The minimum atomic E-state index is -0.296. The Morgan fingerprint density at radius 2 is 2.57 bits per heavy atom. The average molecular weight is 193 g/mol. The molecule has 0 radical (unpaired) electrons. The van der Waals surface area contributed by atoms with Crippen LogP contribution in [0.3, 0.4) is 0 Å². The summed E-state index contributed by atoms with van der Waals surface area (Å²) in [5, 5.41) is 3.61. The van der Waals surface area contributed by atoms with Crippen molar-refractivity contribution in [3.63, 3.8) is 0 Å². The van der Waals surface area contributed by atoms with E-state index in [1.54, 1.807) is 12.1 Å². The number of hydrogen-bond donors (Lipinski definition) is 0. The van der Waals surface area contributed by atoms with E-state index in [9.17, 15) is 4.79 Å². The van der Waals surface area contributed by atoms with Gasteiger partial charge in [-0.15, -0.1) is 0 Å². The summed E-state index contributed by atoms with van der Waals surface area (Å²) in [6.07, 6.45) is 4.21. The van der Waals surface area contributed by atoms with Crippen LogP contribution in [0.25, 0.3) is 10.4 Å². The molecule has 74 valence electrons. The first-order valence-electron chi connectivity index (χ1n) is 4.39. The molecule has 0 bridgehead atoms. The number of hydrogen-bond acceptors (Lipinski definition) is 3. The van der Waals surface area contributed by atoms with Gasteiger partial charge in [0.15, 0.2) is 0 Å². The summed E-state index contributed by atoms with van der Waals surface area (Å²) in [4.78, 5) is 12.9. The molecule has 0 amide bonds. The van der Waals surface area contributed by atoms with Crippen LogP contribution in [0.4, 0.5) is 0 Å². The molecule has 1 heterocycles. The number of rotatable bonds is 6. The van der Waals surface area contributed by atoms with Crippen molar-refractivity contribution in [3.8, 4) is 0 Å². The lowest BCUT2D eigenvalue weighted by atomic mass is 10.1. The van der Waals surface area contributed by atoms with Crippen molar-refractivity contribution < 1.29 is 9.21 Å². The van der Waals surface area contributed by atoms with Crippen LogP contribution in [0, 0.1) is 0 Å². The molecule has 0 aliphatic heterocycles. The predicted molar refractivity (Wildman–Crippen MR) is 50.5 cm³/mol. The third kappa shape index (κ3) is 2.95. The van der Waals surface area contributed by atoms with Gasteiger partial charge in [0.25, 0.3) is 0 Å². The molecule has 0 saturated heterocycles. The fourth-order valence-corrected chi connectivity index (χ4v) is 1.19. The molecule has 0 fully saturated rings. The molecule has 14 heavy (non-hydrogen) atoms. The zero-order chi connectivity index (χ0) is 10.2. The fraction of sp³-hybridized carbons (Fsp3) is 0.444. The number of aldehydes is 1. The maximum absolute atomic E-state index is 10.1. The molecule has 0 aliphatic carbocycles. The molecule has 0 spiro atoms. The van der Waals surface area contributed by atoms with E-state index in [0.717, 1.165) is 6.29 Å². The number of carbonyl (C=O) groups excluding carboxylic acids is 1. The molecular weight excluding hydrogens is 182 g/mol. The highest BCUT2D eigenvalue weighted by Gasteiger charge is 2.11. The largest absolute Gasteiger partial charge is 0.469 e. The van der Waals surface area contributed by atoms with E-state index in [1.165, 1.54) is 6.26 Å². The zero-order valence-corrected chi connectivity index (χ0v) is 7.67. The number of nitrogens with zero attached hydrogens (tertiary/aromatic N) is 3. The number of unbranched alkanes of at least 4 members (excludes halogenated alkanes) is 1. The minimum Gasteiger partial charge on any atom is -0.469 e. The van der Waals surface area contributed by atoms with Gasteiger partial charge in [0.05, 0.1) is 12.3 Å². The van der Waals surface area contributed by atoms with Gasteiger partial charge in [0.1, 0.15) is 12.0 Å². The Hall–Kier alpha value is -1.74. The van der Waals surface area contributed by atoms with Gasteiger partial charge in [-0.2, -0.15) is 0 Å². The first-order chi connectivity index (χ1) is 6.88. The lowest BCUT2D eigenvalue weighted by Crippen LogP contribution is -1.92. The normalized spacial score (nSPS) is 11.7. The monoisotopic (exact) mass is 193 g/mol. The van der Waals surface area contributed by atoms with E-state index in [0.29, 0.717) is 25.0 Å². The van der Waals surface area contributed by atoms with Gasteiger partial charge in [-0.1, -0.05) is 5.11 Å². The minimum absolute atomic E-state index is 0.296. The number of azide groups is 1. The molecule has 5 nitrogen and oxygen atoms in total. The van der Waals surface area contributed by atoms with Crippen LogP contribution in [0.2, 0.25) is 0 Å². The summed E-state index contributed by atoms with van der Waals surface area (Å²) in [5.74, 6) is 0.647. The highest BCUT2D eigenvalue weighted by molar-refractivity contribution is 5.48. The Bertz CT molecular complexity index is 315. The summed E-state index contributed by atoms with van der Waals surface area (Å²) in [7, 11) is 0. The van der Waals surface area contributed by atoms with Crippen molar-refractivity contribution in [3.05, 3.63) is 34.6 Å². The molecular formula is C9H11N3O2. The third-order valence-corrected chi connectivity index (χ3v) is 1.86. The molecule has 1 unspecified atom stereocenters. The molecule has 1 rings (SSSR count). The van der Waals surface area contributed by atoms with Crippen molar-refractivity contribution in [1.82, 2.24) is 0 Å². The second-order valence-corrected chi connectivity index (χ2v) is 2.83. The Kier molecular flexibility index (Phi) is 4.31. The van der Waals surface area contributed by atoms with Crippen molar-refractivity contribution in [2.45, 2.75) is 25.3 Å². The zero-order valence-electron chi connectivity index (χ0n) is 7.67. The Morgan fingerprint density at radius 1 is 1.71 bits per heavy atom. The smallest absolute Gasteiger partial charge is 0.119 e. The lowest BCUT2D eigenvalue weighted by Gasteiger charge is -2.05. The summed E-state index contributed by atoms with van der Waals surface area (Å²) in [6, 6.07) is 3.21. The van der Waals surface area contributed by atoms with Gasteiger partial charge in [-0.3, -0.25) is 0 Å². The summed E-state index contributed by atoms with van der Waals surface area (Å²) < 4.78 is 5.13. The summed E-state index contributed by atoms with van der Waals surface area (Å²) in [6.45, 7) is 0. The van der Waals surface area contributed by atoms with E-state index in [2.05, 4.69) is 10.0 Å². The topological polar surface area (TPSA) is 79.0 Å². The van der Waals surface area contributed by atoms with Gasteiger partial charge < -0.3 is 9.21 Å². The fourth-order valence-electron chi connectivity index (χ4n) is 1.19. The van der Waals surface area contributed by atoms with Crippen LogP contribution < -0.4 is 0 Å². The molecule has 0 aromatic carbocycles. The standard InChI is InChI=1S/C9H11N3O2/c10-12-11-8(4-1-2-6-13)9-5-3-7-14-9/h3,5-8H,1-2,4H2. The first kappa shape index (κ1) is 10.3. The van der Waals surface area contributed by atoms with E-state index >= 15 is 0 Å². The van der Waals surface area contributed by atoms with Crippen LogP contribution in [0.1, 0.15) is 31.1 Å². The van der Waals surface area contributed by atoms with Gasteiger partial charge in [-0.05, 0) is 30.5 Å². The van der Waals surface area contributed by atoms with Crippen molar-refractivity contribution >= 4 is 6.29 Å². The maximum Gasteiger partial charge on any atom is 0.119 e. The number of furan rings is 1. The molecule has 0 N–H and O–H groups in total. The van der Waals surface area contributed by atoms with E-state index < -0.39 is 0 Å². The molecule has 1 aromatic rings. The summed E-state index contributed by atoms with van der Waals surface area (Å²) >= 11 is 0. The highest BCUT2D eigenvalue weighted by atomic mass is 16.3. The SMILES string of the molecule is [N-]=[N+]=NC(CCCC=O)c1ccco1. The van der Waals surface area contributed by atoms with Crippen molar-refractivity contribution in [2.75, 3.05) is 0 Å². The van der Waals surface area contributed by atoms with Crippen LogP contribution in [0.5, 0.6) is 0 Å². The van der Waals surface area contributed by atoms with Crippen molar-refractivity contribution in [1.29, 1.82) is 0 Å². The van der Waals surface area contributed by atoms with Gasteiger partial charge >= 0.3 is 0 Å². The Labute approximate surface area is 81.3 Å². The predicted octanol–water partition coefficient (Wildman–Crippen LogP) is 3.00. The Balaban J connectivity index is 2.56. The van der Waals surface area contributed by atoms with Gasteiger partial charge in [0.2, 0.25) is 0 Å². The van der Waals surface area contributed by atoms with Gasteiger partial charge in [-0.25, -0.2) is 0 Å².